The van der Waals surface area contributed by atoms with E-state index in [2.05, 4.69) is 50.7 Å². The summed E-state index contributed by atoms with van der Waals surface area (Å²) in [5.74, 6) is 1.38. The lowest BCUT2D eigenvalue weighted by atomic mass is 10.1. The van der Waals surface area contributed by atoms with E-state index in [-0.39, 0.29) is 5.91 Å². The molecule has 0 bridgehead atoms. The number of methoxy groups -OCH3 is 1. The van der Waals surface area contributed by atoms with Crippen LogP contribution in [0.5, 0.6) is 5.75 Å². The summed E-state index contributed by atoms with van der Waals surface area (Å²) in [5.41, 5.74) is 3.07. The van der Waals surface area contributed by atoms with E-state index in [9.17, 15) is 4.79 Å². The Balaban J connectivity index is 1.21. The molecule has 7 nitrogen and oxygen atoms in total. The third kappa shape index (κ3) is 5.63. The summed E-state index contributed by atoms with van der Waals surface area (Å²) >= 11 is 1.48. The van der Waals surface area contributed by atoms with Crippen molar-refractivity contribution >= 4 is 22.6 Å². The van der Waals surface area contributed by atoms with E-state index in [1.165, 1.54) is 22.7 Å². The van der Waals surface area contributed by atoms with Crippen molar-refractivity contribution in [2.45, 2.75) is 13.3 Å². The van der Waals surface area contributed by atoms with Crippen LogP contribution >= 0.6 is 11.5 Å². The minimum Gasteiger partial charge on any atom is -0.496 e. The summed E-state index contributed by atoms with van der Waals surface area (Å²) in [6, 6.07) is 15.8. The molecule has 3 aromatic rings. The van der Waals surface area contributed by atoms with Crippen molar-refractivity contribution in [1.29, 1.82) is 0 Å². The molecule has 0 spiro atoms. The van der Waals surface area contributed by atoms with Crippen LogP contribution in [0, 0.1) is 6.92 Å². The second kappa shape index (κ2) is 10.6. The lowest BCUT2D eigenvalue weighted by Crippen LogP contribution is -2.48. The number of rotatable bonds is 8. The number of hydrogen-bond donors (Lipinski definition) is 1. The molecule has 4 rings (SSSR count). The topological polar surface area (TPSA) is 70.6 Å². The van der Waals surface area contributed by atoms with Crippen molar-refractivity contribution in [1.82, 2.24) is 19.6 Å². The lowest BCUT2D eigenvalue weighted by molar-refractivity contribution is 0.0944. The molecule has 0 aliphatic carbocycles. The first kappa shape index (κ1) is 22.2. The normalized spacial score (nSPS) is 14.4. The molecule has 2 heterocycles. The average molecular weight is 452 g/mol. The molecule has 1 aromatic heterocycles. The van der Waals surface area contributed by atoms with Gasteiger partial charge in [-0.3, -0.25) is 9.69 Å². The first-order valence-electron chi connectivity index (χ1n) is 10.9. The molecule has 1 N–H and O–H groups in total. The highest BCUT2D eigenvalue weighted by molar-refractivity contribution is 7.09. The Bertz CT molecular complexity index is 1030. The summed E-state index contributed by atoms with van der Waals surface area (Å²) in [6.45, 7) is 7.24. The van der Waals surface area contributed by atoms with Gasteiger partial charge in [-0.15, -0.1) is 0 Å². The van der Waals surface area contributed by atoms with Crippen LogP contribution in [0.2, 0.25) is 0 Å². The van der Waals surface area contributed by atoms with Gasteiger partial charge in [0, 0.05) is 57.2 Å². The van der Waals surface area contributed by atoms with Crippen molar-refractivity contribution in [2.75, 3.05) is 51.3 Å². The van der Waals surface area contributed by atoms with E-state index in [1.807, 2.05) is 12.1 Å². The monoisotopic (exact) mass is 451 g/mol. The molecule has 0 radical (unpaired) electrons. The summed E-state index contributed by atoms with van der Waals surface area (Å²) < 4.78 is 9.83. The van der Waals surface area contributed by atoms with Gasteiger partial charge in [-0.05, 0) is 24.6 Å². The number of carbonyl (C=O) groups is 1. The quantitative estimate of drug-likeness (QED) is 0.568. The lowest BCUT2D eigenvalue weighted by Gasteiger charge is -2.34. The van der Waals surface area contributed by atoms with Crippen LogP contribution in [0.25, 0.3) is 0 Å². The van der Waals surface area contributed by atoms with E-state index in [4.69, 9.17) is 9.72 Å². The number of benzene rings is 2. The molecular weight excluding hydrogens is 422 g/mol. The number of piperazine rings is 1. The average Bonchev–Trinajstić information content (AvgIpc) is 3.29. The zero-order valence-electron chi connectivity index (χ0n) is 18.6. The Morgan fingerprint density at radius 2 is 1.84 bits per heavy atom. The van der Waals surface area contributed by atoms with Gasteiger partial charge in [0.25, 0.3) is 5.91 Å². The van der Waals surface area contributed by atoms with Crippen molar-refractivity contribution in [3.63, 3.8) is 0 Å². The van der Waals surface area contributed by atoms with Gasteiger partial charge in [-0.2, -0.15) is 4.37 Å². The van der Waals surface area contributed by atoms with E-state index in [1.54, 1.807) is 19.2 Å². The molecule has 1 saturated heterocycles. The number of nitrogens with zero attached hydrogens (tertiary/aromatic N) is 4. The Hall–Kier alpha value is -2.97. The van der Waals surface area contributed by atoms with Gasteiger partial charge in [0.2, 0.25) is 5.13 Å². The van der Waals surface area contributed by atoms with Crippen LogP contribution in [0.15, 0.2) is 48.5 Å². The van der Waals surface area contributed by atoms with Crippen LogP contribution < -0.4 is 15.0 Å². The Kier molecular flexibility index (Phi) is 7.34. The summed E-state index contributed by atoms with van der Waals surface area (Å²) in [6.07, 6.45) is 0.767. The Morgan fingerprint density at radius 1 is 1.09 bits per heavy atom. The van der Waals surface area contributed by atoms with Gasteiger partial charge in [0.1, 0.15) is 11.6 Å². The molecular formula is C24H29N5O2S. The summed E-state index contributed by atoms with van der Waals surface area (Å²) in [5, 5.41) is 4.00. The second-order valence-electron chi connectivity index (χ2n) is 7.94. The van der Waals surface area contributed by atoms with Crippen molar-refractivity contribution in [3.8, 4) is 5.75 Å². The van der Waals surface area contributed by atoms with Crippen LogP contribution in [0.1, 0.15) is 27.3 Å². The zero-order chi connectivity index (χ0) is 22.3. The minimum atomic E-state index is -0.101. The number of nitrogens with one attached hydrogen (secondary N) is 1. The number of amides is 1. The van der Waals surface area contributed by atoms with Gasteiger partial charge >= 0.3 is 0 Å². The number of carbonyl (C=O) groups excluding carboxylic acids is 1. The fraction of sp³-hybridized carbons (Fsp3) is 0.375. The van der Waals surface area contributed by atoms with Crippen molar-refractivity contribution < 1.29 is 9.53 Å². The maximum atomic E-state index is 12.4. The highest BCUT2D eigenvalue weighted by Gasteiger charge is 2.20. The first-order chi connectivity index (χ1) is 15.6. The van der Waals surface area contributed by atoms with Gasteiger partial charge in [0.15, 0.2) is 0 Å². The number of anilines is 1. The fourth-order valence-electron chi connectivity index (χ4n) is 3.75. The molecule has 0 saturated carbocycles. The molecule has 168 valence electrons. The Morgan fingerprint density at radius 3 is 2.59 bits per heavy atom. The number of ether oxygens (including phenoxy) is 1. The zero-order valence-corrected chi connectivity index (χ0v) is 19.4. The Labute approximate surface area is 193 Å². The van der Waals surface area contributed by atoms with Crippen molar-refractivity contribution in [3.05, 3.63) is 71.0 Å². The minimum absolute atomic E-state index is 0.101. The molecule has 2 aromatic carbocycles. The molecule has 1 fully saturated rings. The van der Waals surface area contributed by atoms with Gasteiger partial charge < -0.3 is 15.0 Å². The van der Waals surface area contributed by atoms with E-state index >= 15 is 0 Å². The number of hydrogen-bond acceptors (Lipinski definition) is 7. The summed E-state index contributed by atoms with van der Waals surface area (Å²) in [4.78, 5) is 21.9. The first-order valence-corrected chi connectivity index (χ1v) is 11.7. The maximum absolute atomic E-state index is 12.4. The molecule has 8 heteroatoms. The summed E-state index contributed by atoms with van der Waals surface area (Å²) in [7, 11) is 1.58. The van der Waals surface area contributed by atoms with E-state index < -0.39 is 0 Å². The predicted octanol–water partition coefficient (Wildman–Crippen LogP) is 3.00. The molecule has 0 atom stereocenters. The number of para-hydroxylation sites is 1. The molecule has 1 aliphatic heterocycles. The van der Waals surface area contributed by atoms with E-state index in [0.29, 0.717) is 17.9 Å². The molecule has 32 heavy (non-hydrogen) atoms. The van der Waals surface area contributed by atoms with Gasteiger partial charge in [-0.1, -0.05) is 42.0 Å². The van der Waals surface area contributed by atoms with Crippen molar-refractivity contribution in [2.24, 2.45) is 0 Å². The number of aryl methyl sites for hydroxylation is 1. The third-order valence-corrected chi connectivity index (χ3v) is 6.46. The second-order valence-corrected chi connectivity index (χ2v) is 8.67. The highest BCUT2D eigenvalue weighted by atomic mass is 32.1. The van der Waals surface area contributed by atoms with Crippen LogP contribution in [0.4, 0.5) is 5.13 Å². The predicted molar refractivity (Wildman–Crippen MR) is 128 cm³/mol. The molecule has 0 unspecified atom stereocenters. The molecule has 1 aliphatic rings. The SMILES string of the molecule is COc1ccccc1C(=O)NCCN1CCN(c2nc(Cc3ccc(C)cc3)ns2)CC1. The largest absolute Gasteiger partial charge is 0.496 e. The number of aromatic nitrogens is 2. The van der Waals surface area contributed by atoms with Crippen LogP contribution in [0.3, 0.4) is 0 Å². The fourth-order valence-corrected chi connectivity index (χ4v) is 4.49. The standard InChI is InChI=1S/C24H29N5O2S/c1-18-7-9-19(10-8-18)17-22-26-24(32-27-22)29-15-13-28(14-16-29)12-11-25-23(30)20-5-3-4-6-21(20)31-2/h3-10H,11-17H2,1-2H3,(H,25,30). The molecule has 1 amide bonds. The van der Waals surface area contributed by atoms with Gasteiger partial charge in [-0.25, -0.2) is 4.98 Å². The maximum Gasteiger partial charge on any atom is 0.255 e. The van der Waals surface area contributed by atoms with Crippen LogP contribution in [-0.4, -0.2) is 66.5 Å². The highest BCUT2D eigenvalue weighted by Crippen LogP contribution is 2.21. The van der Waals surface area contributed by atoms with Crippen LogP contribution in [-0.2, 0) is 6.42 Å². The smallest absolute Gasteiger partial charge is 0.255 e. The van der Waals surface area contributed by atoms with E-state index in [0.717, 1.165) is 50.1 Å². The third-order valence-electron chi connectivity index (χ3n) is 5.65. The van der Waals surface area contributed by atoms with Gasteiger partial charge in [0.05, 0.1) is 12.7 Å².